The molecule has 0 aliphatic carbocycles. The van der Waals surface area contributed by atoms with Crippen LogP contribution in [-0.4, -0.2) is 19.1 Å². The van der Waals surface area contributed by atoms with Gasteiger partial charge in [-0.25, -0.2) is 5.43 Å². The largest absolute Gasteiger partial charge is 0.316 e. The average molecular weight is 208 g/mol. The molecule has 0 rings (SSSR count). The predicted molar refractivity (Wildman–Crippen MR) is 68.3 cm³/mol. The molecule has 0 saturated heterocycles. The van der Waals surface area contributed by atoms with E-state index in [4.69, 9.17) is 0 Å². The Labute approximate surface area is 94.3 Å². The first-order valence-corrected chi connectivity index (χ1v) is 5.36. The van der Waals surface area contributed by atoms with E-state index in [1.54, 1.807) is 0 Å². The normalized spacial score (nSPS) is 13.9. The standard InChI is InChI=1S/C13H24N2/c1-8-11(4)9-13(10(2)3)12(5)15(7)14-6/h8-10,14H,1H2,2-7H3/b11-9-,13-12-. The highest BCUT2D eigenvalue weighted by Gasteiger charge is 2.07. The third-order valence-electron chi connectivity index (χ3n) is 2.58. The van der Waals surface area contributed by atoms with Gasteiger partial charge in [0.15, 0.2) is 0 Å². The van der Waals surface area contributed by atoms with Crippen molar-refractivity contribution in [2.45, 2.75) is 27.7 Å². The SMILES string of the molecule is C=C/C(C)=C\C(=C(/C)N(C)NC)C(C)C. The van der Waals surface area contributed by atoms with Crippen LogP contribution in [0.5, 0.6) is 0 Å². The van der Waals surface area contributed by atoms with E-state index < -0.39 is 0 Å². The third-order valence-corrected chi connectivity index (χ3v) is 2.58. The number of nitrogens with one attached hydrogen (secondary N) is 1. The van der Waals surface area contributed by atoms with Gasteiger partial charge < -0.3 is 5.01 Å². The van der Waals surface area contributed by atoms with Gasteiger partial charge in [-0.15, -0.1) is 0 Å². The van der Waals surface area contributed by atoms with Crippen molar-refractivity contribution in [3.8, 4) is 0 Å². The Morgan fingerprint density at radius 1 is 1.33 bits per heavy atom. The molecule has 0 radical (unpaired) electrons. The van der Waals surface area contributed by atoms with Crippen LogP contribution >= 0.6 is 0 Å². The molecule has 15 heavy (non-hydrogen) atoms. The topological polar surface area (TPSA) is 15.3 Å². The maximum atomic E-state index is 3.78. The van der Waals surface area contributed by atoms with E-state index in [2.05, 4.69) is 45.8 Å². The molecule has 0 aromatic carbocycles. The molecular weight excluding hydrogens is 184 g/mol. The number of hydrazine groups is 1. The van der Waals surface area contributed by atoms with E-state index in [1.165, 1.54) is 16.8 Å². The minimum absolute atomic E-state index is 0.510. The first kappa shape index (κ1) is 14.0. The Hall–Kier alpha value is -1.02. The summed E-state index contributed by atoms with van der Waals surface area (Å²) in [7, 11) is 3.94. The number of nitrogens with zero attached hydrogens (tertiary/aromatic N) is 1. The van der Waals surface area contributed by atoms with Crippen LogP contribution in [0.2, 0.25) is 0 Å². The van der Waals surface area contributed by atoms with Gasteiger partial charge in [0.05, 0.1) is 0 Å². The van der Waals surface area contributed by atoms with E-state index in [9.17, 15) is 0 Å². The van der Waals surface area contributed by atoms with E-state index in [-0.39, 0.29) is 0 Å². The molecule has 0 bridgehead atoms. The molecule has 0 saturated carbocycles. The van der Waals surface area contributed by atoms with Crippen molar-refractivity contribution < 1.29 is 0 Å². The minimum Gasteiger partial charge on any atom is -0.316 e. The number of allylic oxidation sites excluding steroid dienone is 5. The second-order valence-corrected chi connectivity index (χ2v) is 4.07. The maximum Gasteiger partial charge on any atom is 0.0294 e. The van der Waals surface area contributed by atoms with Gasteiger partial charge in [0.2, 0.25) is 0 Å². The van der Waals surface area contributed by atoms with Gasteiger partial charge in [-0.1, -0.05) is 38.2 Å². The molecule has 0 aromatic rings. The molecule has 0 fully saturated rings. The number of rotatable bonds is 5. The van der Waals surface area contributed by atoms with E-state index in [0.29, 0.717) is 5.92 Å². The van der Waals surface area contributed by atoms with Gasteiger partial charge in [0, 0.05) is 19.8 Å². The molecule has 0 unspecified atom stereocenters. The lowest BCUT2D eigenvalue weighted by Crippen LogP contribution is -2.30. The van der Waals surface area contributed by atoms with Crippen LogP contribution < -0.4 is 5.43 Å². The van der Waals surface area contributed by atoms with E-state index >= 15 is 0 Å². The van der Waals surface area contributed by atoms with Crippen molar-refractivity contribution in [2.75, 3.05) is 14.1 Å². The van der Waals surface area contributed by atoms with Crippen LogP contribution in [-0.2, 0) is 0 Å². The van der Waals surface area contributed by atoms with Crippen molar-refractivity contribution in [1.29, 1.82) is 0 Å². The Kier molecular flexibility index (Phi) is 6.02. The average Bonchev–Trinajstić information content (AvgIpc) is 2.22. The summed E-state index contributed by atoms with van der Waals surface area (Å²) in [6, 6.07) is 0. The number of hydrogen-bond acceptors (Lipinski definition) is 2. The van der Waals surface area contributed by atoms with Crippen molar-refractivity contribution in [1.82, 2.24) is 10.4 Å². The van der Waals surface area contributed by atoms with Crippen LogP contribution in [0.25, 0.3) is 0 Å². The highest BCUT2D eigenvalue weighted by molar-refractivity contribution is 5.31. The minimum atomic E-state index is 0.510. The first-order chi connectivity index (χ1) is 6.93. The van der Waals surface area contributed by atoms with Gasteiger partial charge in [-0.2, -0.15) is 0 Å². The fraction of sp³-hybridized carbons (Fsp3) is 0.538. The van der Waals surface area contributed by atoms with Gasteiger partial charge in [-0.3, -0.25) is 0 Å². The Bertz CT molecular complexity index is 272. The van der Waals surface area contributed by atoms with Gasteiger partial charge >= 0.3 is 0 Å². The van der Waals surface area contributed by atoms with Crippen LogP contribution in [0.1, 0.15) is 27.7 Å². The molecule has 2 heteroatoms. The zero-order valence-electron chi connectivity index (χ0n) is 10.9. The van der Waals surface area contributed by atoms with Crippen LogP contribution in [0, 0.1) is 5.92 Å². The summed E-state index contributed by atoms with van der Waals surface area (Å²) in [6.07, 6.45) is 4.08. The second kappa shape index (κ2) is 6.46. The molecule has 0 aliphatic rings. The van der Waals surface area contributed by atoms with Crippen molar-refractivity contribution in [2.24, 2.45) is 5.92 Å². The summed E-state index contributed by atoms with van der Waals surface area (Å²) in [5, 5.41) is 2.03. The fourth-order valence-corrected chi connectivity index (χ4v) is 1.35. The Balaban J connectivity index is 5.20. The highest BCUT2D eigenvalue weighted by Crippen LogP contribution is 2.19. The summed E-state index contributed by atoms with van der Waals surface area (Å²) >= 11 is 0. The van der Waals surface area contributed by atoms with Crippen molar-refractivity contribution >= 4 is 0 Å². The quantitative estimate of drug-likeness (QED) is 0.551. The van der Waals surface area contributed by atoms with Gasteiger partial charge in [0.1, 0.15) is 0 Å². The predicted octanol–water partition coefficient (Wildman–Crippen LogP) is 3.11. The third kappa shape index (κ3) is 4.34. The van der Waals surface area contributed by atoms with Gasteiger partial charge in [0.25, 0.3) is 0 Å². The van der Waals surface area contributed by atoms with Crippen LogP contribution in [0.15, 0.2) is 35.6 Å². The molecular formula is C13H24N2. The summed E-state index contributed by atoms with van der Waals surface area (Å²) in [4.78, 5) is 0. The molecule has 0 amide bonds. The summed E-state index contributed by atoms with van der Waals surface area (Å²) < 4.78 is 0. The first-order valence-electron chi connectivity index (χ1n) is 5.36. The smallest absolute Gasteiger partial charge is 0.0294 e. The second-order valence-electron chi connectivity index (χ2n) is 4.07. The summed E-state index contributed by atoms with van der Waals surface area (Å²) in [5.74, 6) is 0.510. The van der Waals surface area contributed by atoms with E-state index in [1.807, 2.05) is 25.2 Å². The Morgan fingerprint density at radius 3 is 2.20 bits per heavy atom. The Morgan fingerprint density at radius 2 is 1.87 bits per heavy atom. The lowest BCUT2D eigenvalue weighted by molar-refractivity contribution is 0.327. The zero-order valence-corrected chi connectivity index (χ0v) is 10.9. The molecule has 0 atom stereocenters. The summed E-state index contributed by atoms with van der Waals surface area (Å²) in [5.41, 5.74) is 6.89. The number of hydrogen-bond donors (Lipinski definition) is 1. The van der Waals surface area contributed by atoms with Gasteiger partial charge in [-0.05, 0) is 25.3 Å². The molecule has 0 aromatic heterocycles. The summed E-state index contributed by atoms with van der Waals surface area (Å²) in [6.45, 7) is 12.4. The monoisotopic (exact) mass is 208 g/mol. The van der Waals surface area contributed by atoms with Crippen molar-refractivity contribution in [3.63, 3.8) is 0 Å². The van der Waals surface area contributed by atoms with Crippen LogP contribution in [0.3, 0.4) is 0 Å². The maximum absolute atomic E-state index is 3.78. The molecule has 0 heterocycles. The van der Waals surface area contributed by atoms with E-state index in [0.717, 1.165) is 0 Å². The molecule has 0 aliphatic heterocycles. The van der Waals surface area contributed by atoms with Crippen molar-refractivity contribution in [3.05, 3.63) is 35.6 Å². The van der Waals surface area contributed by atoms with Crippen LogP contribution in [0.4, 0.5) is 0 Å². The fourth-order valence-electron chi connectivity index (χ4n) is 1.35. The highest BCUT2D eigenvalue weighted by atomic mass is 15.5. The molecule has 1 N–H and O–H groups in total. The molecule has 86 valence electrons. The zero-order chi connectivity index (χ0) is 12.0. The molecule has 0 spiro atoms. The lowest BCUT2D eigenvalue weighted by atomic mass is 9.98. The lowest BCUT2D eigenvalue weighted by Gasteiger charge is -2.23. The molecule has 2 nitrogen and oxygen atoms in total.